The zero-order chi connectivity index (χ0) is 13.3. The maximum absolute atomic E-state index is 12.0. The fraction of sp³-hybridized carbons (Fsp3) is 0. The highest BCUT2D eigenvalue weighted by Crippen LogP contribution is 2.26. The molecule has 1 aromatic carbocycles. The smallest absolute Gasteiger partial charge is 0.291 e. The van der Waals surface area contributed by atoms with Gasteiger partial charge in [-0.05, 0) is 40.8 Å². The number of benzene rings is 1. The van der Waals surface area contributed by atoms with E-state index in [0.29, 0.717) is 5.69 Å². The number of rotatable bonds is 3. The summed E-state index contributed by atoms with van der Waals surface area (Å²) in [4.78, 5) is 0. The molecule has 0 saturated carbocycles. The summed E-state index contributed by atoms with van der Waals surface area (Å²) in [6, 6.07) is 5.28. The van der Waals surface area contributed by atoms with Gasteiger partial charge in [-0.1, -0.05) is 27.3 Å². The normalized spacial score (nSPS) is 11.4. The molecule has 18 heavy (non-hydrogen) atoms. The summed E-state index contributed by atoms with van der Waals surface area (Å²) in [5.74, 6) is 0. The van der Waals surface area contributed by atoms with Crippen molar-refractivity contribution in [2.45, 2.75) is 4.34 Å². The molecule has 1 heterocycles. The molecular weight excluding hydrogens is 455 g/mol. The highest BCUT2D eigenvalue weighted by molar-refractivity contribution is 14.1. The van der Waals surface area contributed by atoms with Crippen molar-refractivity contribution in [2.75, 3.05) is 10.5 Å². The van der Waals surface area contributed by atoms with Crippen LogP contribution >= 0.6 is 49.9 Å². The van der Waals surface area contributed by atoms with Crippen LogP contribution in [0.25, 0.3) is 0 Å². The number of sulfonamides is 1. The van der Waals surface area contributed by atoms with Gasteiger partial charge in [-0.3, -0.25) is 4.72 Å². The van der Waals surface area contributed by atoms with Crippen molar-refractivity contribution in [3.05, 3.63) is 26.2 Å². The number of nitrogen functional groups attached to an aromatic ring is 1. The van der Waals surface area contributed by atoms with Crippen molar-refractivity contribution >= 4 is 70.7 Å². The van der Waals surface area contributed by atoms with Crippen molar-refractivity contribution < 1.29 is 8.42 Å². The summed E-state index contributed by atoms with van der Waals surface area (Å²) in [6.07, 6.45) is 0. The Balaban J connectivity index is 2.36. The van der Waals surface area contributed by atoms with Crippen molar-refractivity contribution in [3.63, 3.8) is 0 Å². The van der Waals surface area contributed by atoms with E-state index in [9.17, 15) is 8.42 Å². The van der Waals surface area contributed by atoms with Crippen LogP contribution in [0.2, 0.25) is 0 Å². The molecule has 0 amide bonds. The summed E-state index contributed by atoms with van der Waals surface area (Å²) in [6.45, 7) is 0. The third kappa shape index (κ3) is 3.10. The number of nitrogens with one attached hydrogen (secondary N) is 1. The molecule has 2 aromatic rings. The Morgan fingerprint density at radius 3 is 2.72 bits per heavy atom. The lowest BCUT2D eigenvalue weighted by Crippen LogP contribution is -2.13. The van der Waals surface area contributed by atoms with E-state index < -0.39 is 10.0 Å². The Morgan fingerprint density at radius 2 is 2.11 bits per heavy atom. The fourth-order valence-electron chi connectivity index (χ4n) is 1.09. The lowest BCUT2D eigenvalue weighted by Gasteiger charge is -2.07. The van der Waals surface area contributed by atoms with Crippen molar-refractivity contribution in [2.24, 2.45) is 0 Å². The molecule has 0 saturated heterocycles. The lowest BCUT2D eigenvalue weighted by atomic mass is 10.3. The maximum Gasteiger partial charge on any atom is 0.291 e. The molecule has 1 aromatic heterocycles. The number of nitrogens with two attached hydrogens (primary N) is 1. The standard InChI is InChI=1S/C8H6BrIN4O2S2/c9-4-1-2-5(10)6(3-4)14-18(15,16)8-13-12-7(11)17-8/h1-3,14H,(H2,11,12). The van der Waals surface area contributed by atoms with E-state index in [4.69, 9.17) is 5.73 Å². The zero-order valence-corrected chi connectivity index (χ0v) is 14.0. The Kier molecular flexibility index (Phi) is 4.08. The van der Waals surface area contributed by atoms with E-state index in [1.165, 1.54) is 0 Å². The van der Waals surface area contributed by atoms with Crippen LogP contribution < -0.4 is 10.5 Å². The van der Waals surface area contributed by atoms with Gasteiger partial charge < -0.3 is 5.73 Å². The Labute approximate surface area is 129 Å². The monoisotopic (exact) mass is 460 g/mol. The van der Waals surface area contributed by atoms with Crippen LogP contribution in [-0.4, -0.2) is 18.6 Å². The molecular formula is C8H6BrIN4O2S2. The fourth-order valence-corrected chi connectivity index (χ4v) is 3.96. The predicted molar refractivity (Wildman–Crippen MR) is 82.0 cm³/mol. The average molecular weight is 461 g/mol. The van der Waals surface area contributed by atoms with Gasteiger partial charge in [0.25, 0.3) is 14.4 Å². The van der Waals surface area contributed by atoms with Gasteiger partial charge >= 0.3 is 0 Å². The molecule has 3 N–H and O–H groups in total. The molecule has 0 fully saturated rings. The third-order valence-corrected chi connectivity index (χ3v) is 5.74. The van der Waals surface area contributed by atoms with E-state index in [1.54, 1.807) is 12.1 Å². The number of halogens is 2. The average Bonchev–Trinajstić information content (AvgIpc) is 2.71. The Bertz CT molecular complexity index is 688. The molecule has 0 aliphatic carbocycles. The van der Waals surface area contributed by atoms with Gasteiger partial charge in [-0.25, -0.2) is 0 Å². The molecule has 0 aliphatic rings. The van der Waals surface area contributed by atoms with E-state index in [2.05, 4.69) is 30.8 Å². The number of nitrogens with zero attached hydrogens (tertiary/aromatic N) is 2. The van der Waals surface area contributed by atoms with Crippen molar-refractivity contribution in [1.82, 2.24) is 10.2 Å². The molecule has 0 aliphatic heterocycles. The van der Waals surface area contributed by atoms with E-state index in [1.807, 2.05) is 28.7 Å². The van der Waals surface area contributed by atoms with Crippen LogP contribution in [0, 0.1) is 3.57 Å². The van der Waals surface area contributed by atoms with Gasteiger partial charge in [0, 0.05) is 8.04 Å². The second kappa shape index (κ2) is 5.27. The van der Waals surface area contributed by atoms with E-state index >= 15 is 0 Å². The van der Waals surface area contributed by atoms with Crippen LogP contribution in [0.1, 0.15) is 0 Å². The highest BCUT2D eigenvalue weighted by Gasteiger charge is 2.20. The van der Waals surface area contributed by atoms with Gasteiger partial charge in [-0.15, -0.1) is 10.2 Å². The van der Waals surface area contributed by atoms with Crippen molar-refractivity contribution in [1.29, 1.82) is 0 Å². The molecule has 96 valence electrons. The minimum atomic E-state index is -3.74. The van der Waals surface area contributed by atoms with Gasteiger partial charge in [0.2, 0.25) is 5.13 Å². The van der Waals surface area contributed by atoms with Gasteiger partial charge in [0.1, 0.15) is 0 Å². The summed E-state index contributed by atoms with van der Waals surface area (Å²) in [5, 5.41) is 7.11. The zero-order valence-electron chi connectivity index (χ0n) is 8.59. The molecule has 6 nitrogen and oxygen atoms in total. The summed E-state index contributed by atoms with van der Waals surface area (Å²) in [7, 11) is -3.74. The molecule has 10 heteroatoms. The first-order valence-electron chi connectivity index (χ1n) is 4.45. The number of aromatic nitrogens is 2. The molecule has 2 rings (SSSR count). The second-order valence-electron chi connectivity index (χ2n) is 3.14. The van der Waals surface area contributed by atoms with Gasteiger partial charge in [0.05, 0.1) is 5.69 Å². The first kappa shape index (κ1) is 14.0. The van der Waals surface area contributed by atoms with Gasteiger partial charge in [0.15, 0.2) is 0 Å². The van der Waals surface area contributed by atoms with Crippen LogP contribution in [0.3, 0.4) is 0 Å². The second-order valence-corrected chi connectivity index (χ2v) is 8.08. The van der Waals surface area contributed by atoms with E-state index in [0.717, 1.165) is 19.4 Å². The largest absolute Gasteiger partial charge is 0.374 e. The minimum absolute atomic E-state index is 0.110. The molecule has 0 unspecified atom stereocenters. The maximum atomic E-state index is 12.0. The summed E-state index contributed by atoms with van der Waals surface area (Å²) >= 11 is 6.13. The number of anilines is 2. The van der Waals surface area contributed by atoms with Crippen molar-refractivity contribution in [3.8, 4) is 0 Å². The summed E-state index contributed by atoms with van der Waals surface area (Å²) < 4.78 is 27.8. The lowest BCUT2D eigenvalue weighted by molar-refractivity contribution is 0.599. The highest BCUT2D eigenvalue weighted by atomic mass is 127. The molecule has 0 atom stereocenters. The third-order valence-electron chi connectivity index (χ3n) is 1.82. The van der Waals surface area contributed by atoms with Crippen LogP contribution in [0.4, 0.5) is 10.8 Å². The van der Waals surface area contributed by atoms with Crippen LogP contribution in [0.5, 0.6) is 0 Å². The number of hydrogen-bond donors (Lipinski definition) is 2. The predicted octanol–water partition coefficient (Wildman–Crippen LogP) is 2.29. The summed E-state index contributed by atoms with van der Waals surface area (Å²) in [5.41, 5.74) is 5.84. The molecule has 0 radical (unpaired) electrons. The van der Waals surface area contributed by atoms with Gasteiger partial charge in [-0.2, -0.15) is 8.42 Å². The first-order valence-corrected chi connectivity index (χ1v) is 8.62. The molecule has 0 bridgehead atoms. The Hall–Kier alpha value is -0.460. The van der Waals surface area contributed by atoms with E-state index in [-0.39, 0.29) is 9.47 Å². The first-order chi connectivity index (χ1) is 8.38. The van der Waals surface area contributed by atoms with Crippen LogP contribution in [-0.2, 0) is 10.0 Å². The minimum Gasteiger partial charge on any atom is -0.374 e. The SMILES string of the molecule is Nc1nnc(S(=O)(=O)Nc2cc(Br)ccc2I)s1. The Morgan fingerprint density at radius 1 is 1.39 bits per heavy atom. The quantitative estimate of drug-likeness (QED) is 0.684. The van der Waals surface area contributed by atoms with Crippen LogP contribution in [0.15, 0.2) is 27.0 Å². The molecule has 0 spiro atoms. The topological polar surface area (TPSA) is 98.0 Å². The number of hydrogen-bond acceptors (Lipinski definition) is 6.